The van der Waals surface area contributed by atoms with E-state index in [0.29, 0.717) is 55.5 Å². The van der Waals surface area contributed by atoms with Gasteiger partial charge >= 0.3 is 6.03 Å². The zero-order valence-electron chi connectivity index (χ0n) is 30.8. The van der Waals surface area contributed by atoms with Crippen LogP contribution in [-0.2, 0) is 17.8 Å². The summed E-state index contributed by atoms with van der Waals surface area (Å²) in [5.74, 6) is 0.973. The smallest absolute Gasteiger partial charge is 0.315 e. The van der Waals surface area contributed by atoms with E-state index in [2.05, 4.69) is 36.3 Å². The van der Waals surface area contributed by atoms with Crippen LogP contribution in [-0.4, -0.2) is 109 Å². The molecule has 296 valence electrons. The largest absolute Gasteiger partial charge is 0.508 e. The lowest BCUT2D eigenvalue weighted by molar-refractivity contribution is -0.0384. The molecule has 3 aromatic heterocycles. The molecule has 57 heavy (non-hydrogen) atoms. The van der Waals surface area contributed by atoms with Crippen molar-refractivity contribution in [2.24, 2.45) is 0 Å². The number of ether oxygens (including phenoxy) is 1. The minimum absolute atomic E-state index is 0.118. The van der Waals surface area contributed by atoms with Gasteiger partial charge in [0.25, 0.3) is 0 Å². The summed E-state index contributed by atoms with van der Waals surface area (Å²) >= 11 is 0. The summed E-state index contributed by atoms with van der Waals surface area (Å²) in [5, 5.41) is 73.7. The lowest BCUT2D eigenvalue weighted by Crippen LogP contribution is -2.43. The number of amides is 2. The second kappa shape index (κ2) is 15.9. The van der Waals surface area contributed by atoms with E-state index < -0.39 is 24.5 Å². The molecule has 2 fully saturated rings. The number of nitrogens with zero attached hydrogens (tertiary/aromatic N) is 9. The summed E-state index contributed by atoms with van der Waals surface area (Å²) in [7, 11) is 0. The minimum atomic E-state index is -1.40. The van der Waals surface area contributed by atoms with Crippen molar-refractivity contribution in [3.63, 3.8) is 0 Å². The Hall–Kier alpha value is -6.57. The van der Waals surface area contributed by atoms with Crippen LogP contribution in [0.1, 0.15) is 54.1 Å². The number of urea groups is 1. The molecule has 5 atom stereocenters. The lowest BCUT2D eigenvalue weighted by Gasteiger charge is -2.22. The van der Waals surface area contributed by atoms with Gasteiger partial charge in [-0.2, -0.15) is 14.8 Å². The number of aromatic hydroxyl groups is 3. The van der Waals surface area contributed by atoms with Gasteiger partial charge in [-0.25, -0.2) is 9.78 Å². The van der Waals surface area contributed by atoms with Gasteiger partial charge < -0.3 is 51.1 Å². The minimum Gasteiger partial charge on any atom is -0.508 e. The Labute approximate surface area is 325 Å². The normalized spacial score (nSPS) is 20.7. The fraction of sp³-hybridized carbons (Fsp3) is 0.342. The average molecular weight is 779 g/mol. The van der Waals surface area contributed by atoms with Crippen molar-refractivity contribution in [1.29, 1.82) is 0 Å². The third-order valence-electron chi connectivity index (χ3n) is 10.2. The van der Waals surface area contributed by atoms with Crippen molar-refractivity contribution in [2.45, 2.75) is 62.9 Å². The third-order valence-corrected chi connectivity index (χ3v) is 10.2. The fourth-order valence-electron chi connectivity index (χ4n) is 7.15. The molecule has 0 aliphatic carbocycles. The van der Waals surface area contributed by atoms with Gasteiger partial charge in [-0.05, 0) is 71.6 Å². The molecule has 8 N–H and O–H groups in total. The molecule has 19 heteroatoms. The topological polar surface area (TPSA) is 254 Å². The Kier molecular flexibility index (Phi) is 10.4. The number of aryl methyl sites for hydroxylation is 1. The van der Waals surface area contributed by atoms with Gasteiger partial charge in [0.15, 0.2) is 29.3 Å². The van der Waals surface area contributed by atoms with Crippen LogP contribution in [0.4, 0.5) is 16.6 Å². The van der Waals surface area contributed by atoms with Gasteiger partial charge in [-0.1, -0.05) is 36.4 Å². The second-order valence-corrected chi connectivity index (χ2v) is 14.0. The Balaban J connectivity index is 1.08. The van der Waals surface area contributed by atoms with Gasteiger partial charge in [0.05, 0.1) is 12.9 Å². The molecule has 0 bridgehead atoms. The molecule has 5 heterocycles. The first-order valence-corrected chi connectivity index (χ1v) is 18.6. The first-order valence-electron chi connectivity index (χ1n) is 18.6. The van der Waals surface area contributed by atoms with Crippen molar-refractivity contribution in [3.05, 3.63) is 102 Å². The molecule has 3 aromatic carbocycles. The number of carbonyl (C=O) groups excluding carboxylic acids is 1. The van der Waals surface area contributed by atoms with Crippen molar-refractivity contribution in [3.8, 4) is 17.2 Å². The molecule has 0 radical (unpaired) electrons. The van der Waals surface area contributed by atoms with Gasteiger partial charge in [0.1, 0.15) is 29.5 Å². The van der Waals surface area contributed by atoms with Crippen LogP contribution in [0.5, 0.6) is 17.2 Å². The maximum atomic E-state index is 12.9. The van der Waals surface area contributed by atoms with E-state index in [-0.39, 0.29) is 47.6 Å². The Bertz CT molecular complexity index is 2290. The number of anilines is 2. The van der Waals surface area contributed by atoms with E-state index in [4.69, 9.17) is 14.7 Å². The SMILES string of the molecule is CCn1nnc([C@H]2O[C@@H](n3cnc4c(NCC(c5ccc(O)cc5)c5ccc(O)cc5)nc(N5CCC(NC(=O)NCc6cccc(O)c6)C5)nc43)[C@H](O)[C@@H]2O)n1. The van der Waals surface area contributed by atoms with Crippen LogP contribution in [0.15, 0.2) is 79.1 Å². The quantitative estimate of drug-likeness (QED) is 0.0887. The summed E-state index contributed by atoms with van der Waals surface area (Å²) in [6.07, 6.45) is -2.89. The number of fused-ring (bicyclic) bond motifs is 1. The molecule has 2 aliphatic rings. The number of phenols is 3. The van der Waals surface area contributed by atoms with Gasteiger partial charge in [0.2, 0.25) is 11.8 Å². The van der Waals surface area contributed by atoms with Crippen LogP contribution in [0.2, 0.25) is 0 Å². The van der Waals surface area contributed by atoms with E-state index >= 15 is 0 Å². The number of aromatic nitrogens is 8. The number of aliphatic hydroxyl groups is 2. The Morgan fingerprint density at radius 3 is 2.37 bits per heavy atom. The highest BCUT2D eigenvalue weighted by molar-refractivity contribution is 5.84. The van der Waals surface area contributed by atoms with E-state index in [1.165, 1.54) is 11.1 Å². The van der Waals surface area contributed by atoms with Crippen LogP contribution >= 0.6 is 0 Å². The number of aliphatic hydroxyl groups excluding tert-OH is 2. The number of hydrogen-bond donors (Lipinski definition) is 8. The molecular formula is C38H42N12O7. The third kappa shape index (κ3) is 7.93. The average Bonchev–Trinajstić information content (AvgIpc) is 4.03. The second-order valence-electron chi connectivity index (χ2n) is 14.0. The monoisotopic (exact) mass is 778 g/mol. The lowest BCUT2D eigenvalue weighted by atomic mass is 9.91. The first kappa shape index (κ1) is 37.4. The number of tetrazole rings is 1. The highest BCUT2D eigenvalue weighted by Gasteiger charge is 2.47. The molecule has 0 saturated carbocycles. The molecule has 8 rings (SSSR count). The van der Waals surface area contributed by atoms with Gasteiger partial charge in [-0.3, -0.25) is 4.57 Å². The van der Waals surface area contributed by atoms with Crippen molar-refractivity contribution < 1.29 is 35.1 Å². The summed E-state index contributed by atoms with van der Waals surface area (Å²) in [6.45, 7) is 3.77. The Morgan fingerprint density at radius 2 is 1.68 bits per heavy atom. The predicted octanol–water partition coefficient (Wildman–Crippen LogP) is 2.26. The van der Waals surface area contributed by atoms with Crippen molar-refractivity contribution >= 4 is 29.0 Å². The summed E-state index contributed by atoms with van der Waals surface area (Å²) < 4.78 is 7.73. The maximum Gasteiger partial charge on any atom is 0.315 e. The zero-order valence-corrected chi connectivity index (χ0v) is 30.8. The van der Waals surface area contributed by atoms with Crippen molar-refractivity contribution in [2.75, 3.05) is 29.9 Å². The molecule has 6 aromatic rings. The van der Waals surface area contributed by atoms with Crippen LogP contribution < -0.4 is 20.9 Å². The summed E-state index contributed by atoms with van der Waals surface area (Å²) in [5.41, 5.74) is 3.24. The number of nitrogens with one attached hydrogen (secondary N) is 3. The van der Waals surface area contributed by atoms with Crippen LogP contribution in [0.25, 0.3) is 11.2 Å². The van der Waals surface area contributed by atoms with Gasteiger partial charge in [-0.15, -0.1) is 10.2 Å². The Morgan fingerprint density at radius 1 is 0.947 bits per heavy atom. The fourth-order valence-corrected chi connectivity index (χ4v) is 7.15. The number of imidazole rings is 1. The zero-order chi connectivity index (χ0) is 39.6. The number of benzene rings is 3. The number of carbonyl (C=O) groups is 1. The van der Waals surface area contributed by atoms with Crippen LogP contribution in [0.3, 0.4) is 0 Å². The number of rotatable bonds is 12. The number of hydrogen-bond acceptors (Lipinski definition) is 15. The molecule has 2 aliphatic heterocycles. The highest BCUT2D eigenvalue weighted by atomic mass is 16.6. The summed E-state index contributed by atoms with van der Waals surface area (Å²) in [4.78, 5) is 30.6. The summed E-state index contributed by atoms with van der Waals surface area (Å²) in [6, 6.07) is 19.9. The molecule has 0 spiro atoms. The van der Waals surface area contributed by atoms with E-state index in [1.54, 1.807) is 47.0 Å². The molecule has 19 nitrogen and oxygen atoms in total. The highest BCUT2D eigenvalue weighted by Crippen LogP contribution is 2.39. The first-order chi connectivity index (χ1) is 27.6. The van der Waals surface area contributed by atoms with Gasteiger partial charge in [0, 0.05) is 38.1 Å². The number of phenolic OH excluding ortho intramolecular Hbond substituents is 3. The predicted molar refractivity (Wildman–Crippen MR) is 204 cm³/mol. The molecule has 2 saturated heterocycles. The molecule has 2 amide bonds. The van der Waals surface area contributed by atoms with E-state index in [1.807, 2.05) is 42.2 Å². The molecular weight excluding hydrogens is 736 g/mol. The molecule has 1 unspecified atom stereocenters. The van der Waals surface area contributed by atoms with Crippen molar-refractivity contribution in [1.82, 2.24) is 50.4 Å². The van der Waals surface area contributed by atoms with E-state index in [0.717, 1.165) is 16.7 Å². The van der Waals surface area contributed by atoms with Crippen LogP contribution in [0, 0.1) is 0 Å². The maximum absolute atomic E-state index is 12.9. The van der Waals surface area contributed by atoms with E-state index in [9.17, 15) is 30.3 Å². The standard InChI is InChI=1S/C38H42N12O7/c1-2-50-46-34(45-47-50)32-30(54)31(55)36(57-32)49-20-41-29-33(39-18-28(22-6-10-25(51)11-7-22)23-8-12-26(52)13-9-23)43-37(44-35(29)49)48-15-14-24(19-48)42-38(56)40-17-21-4-3-5-27(53)16-21/h3-13,16,20,24,28,30-32,36,51-55H,2,14-15,17-19H2,1H3,(H,39,43,44)(H2,40,42,56)/t24?,30-,31+,32-,36+/m0/s1.